The van der Waals surface area contributed by atoms with Crippen molar-refractivity contribution in [1.82, 2.24) is 5.16 Å². The van der Waals surface area contributed by atoms with E-state index in [1.165, 1.54) is 12.8 Å². The van der Waals surface area contributed by atoms with Crippen molar-refractivity contribution < 1.29 is 12.9 Å². The fraction of sp³-hybridized carbons (Fsp3) is 0.471. The third-order valence-corrected chi connectivity index (χ3v) is 6.23. The predicted octanol–water partition coefficient (Wildman–Crippen LogP) is 4.13. The highest BCUT2D eigenvalue weighted by Gasteiger charge is 2.26. The number of halogens is 1. The van der Waals surface area contributed by atoms with Gasteiger partial charge in [0.15, 0.2) is 10.7 Å². The lowest BCUT2D eigenvalue weighted by atomic mass is 10.2. The molecule has 1 aliphatic rings. The van der Waals surface area contributed by atoms with Crippen molar-refractivity contribution in [3.63, 3.8) is 0 Å². The number of anilines is 2. The smallest absolute Gasteiger partial charge is 0.267 e. The molecule has 0 radical (unpaired) electrons. The fourth-order valence-electron chi connectivity index (χ4n) is 3.23. The Morgan fingerprint density at radius 2 is 1.84 bits per heavy atom. The number of nitrogens with one attached hydrogen (secondary N) is 1. The maximum absolute atomic E-state index is 12.8. The van der Waals surface area contributed by atoms with Crippen LogP contribution in [-0.4, -0.2) is 26.7 Å². The molecule has 1 N–H and O–H groups in total. The first-order valence-electron chi connectivity index (χ1n) is 8.38. The lowest BCUT2D eigenvalue weighted by molar-refractivity contribution is 0.390. The van der Waals surface area contributed by atoms with Crippen molar-refractivity contribution in [2.24, 2.45) is 0 Å². The van der Waals surface area contributed by atoms with Crippen LogP contribution in [0.1, 0.15) is 37.1 Å². The van der Waals surface area contributed by atoms with Crippen LogP contribution >= 0.6 is 11.6 Å². The zero-order valence-corrected chi connectivity index (χ0v) is 16.0. The molecule has 6 nitrogen and oxygen atoms in total. The van der Waals surface area contributed by atoms with Gasteiger partial charge in [0.1, 0.15) is 5.69 Å². The quantitative estimate of drug-likeness (QED) is 0.859. The molecule has 25 heavy (non-hydrogen) atoms. The van der Waals surface area contributed by atoms with Crippen LogP contribution < -0.4 is 9.62 Å². The Hall–Kier alpha value is -1.73. The van der Waals surface area contributed by atoms with Gasteiger partial charge >= 0.3 is 0 Å². The van der Waals surface area contributed by atoms with Gasteiger partial charge in [-0.05, 0) is 44.9 Å². The molecule has 1 aromatic heterocycles. The van der Waals surface area contributed by atoms with Gasteiger partial charge in [0.2, 0.25) is 0 Å². The van der Waals surface area contributed by atoms with E-state index in [9.17, 15) is 8.42 Å². The Labute approximate surface area is 153 Å². The summed E-state index contributed by atoms with van der Waals surface area (Å²) in [5.41, 5.74) is 1.67. The highest BCUT2D eigenvalue weighted by molar-refractivity contribution is 7.92. The SMILES string of the molecule is Cc1noc(C)c1S(=O)(=O)Nc1cc(Cl)ccc1N1CCCCCC1. The molecule has 8 heteroatoms. The van der Waals surface area contributed by atoms with Crippen LogP contribution in [0, 0.1) is 13.8 Å². The Morgan fingerprint density at radius 3 is 2.44 bits per heavy atom. The fourth-order valence-corrected chi connectivity index (χ4v) is 4.80. The normalized spacial score (nSPS) is 15.9. The minimum absolute atomic E-state index is 0.0780. The second-order valence-electron chi connectivity index (χ2n) is 6.32. The van der Waals surface area contributed by atoms with E-state index in [-0.39, 0.29) is 10.7 Å². The molecule has 0 aliphatic carbocycles. The van der Waals surface area contributed by atoms with E-state index in [1.807, 2.05) is 6.07 Å². The second-order valence-corrected chi connectivity index (χ2v) is 8.38. The highest BCUT2D eigenvalue weighted by Crippen LogP contribution is 2.33. The predicted molar refractivity (Wildman–Crippen MR) is 98.9 cm³/mol. The van der Waals surface area contributed by atoms with Gasteiger partial charge < -0.3 is 9.42 Å². The molecule has 3 rings (SSSR count). The van der Waals surface area contributed by atoms with Crippen LogP contribution in [0.15, 0.2) is 27.6 Å². The van der Waals surface area contributed by atoms with Crippen molar-refractivity contribution in [3.05, 3.63) is 34.7 Å². The monoisotopic (exact) mass is 383 g/mol. The van der Waals surface area contributed by atoms with Crippen LogP contribution in [0.5, 0.6) is 0 Å². The zero-order chi connectivity index (χ0) is 18.0. The summed E-state index contributed by atoms with van der Waals surface area (Å²) in [7, 11) is -3.81. The third-order valence-electron chi connectivity index (χ3n) is 4.39. The number of sulfonamides is 1. The first-order chi connectivity index (χ1) is 11.9. The minimum atomic E-state index is -3.81. The van der Waals surface area contributed by atoms with Crippen molar-refractivity contribution in [3.8, 4) is 0 Å². The summed E-state index contributed by atoms with van der Waals surface area (Å²) >= 11 is 6.12. The Morgan fingerprint density at radius 1 is 1.16 bits per heavy atom. The van der Waals surface area contributed by atoms with Gasteiger partial charge in [-0.3, -0.25) is 4.72 Å². The van der Waals surface area contributed by atoms with E-state index in [1.54, 1.807) is 26.0 Å². The van der Waals surface area contributed by atoms with Gasteiger partial charge in [0.25, 0.3) is 10.0 Å². The Kier molecular flexibility index (Phi) is 5.24. The minimum Gasteiger partial charge on any atom is -0.370 e. The third kappa shape index (κ3) is 3.93. The number of aromatic nitrogens is 1. The van der Waals surface area contributed by atoms with Crippen molar-refractivity contribution in [1.29, 1.82) is 0 Å². The van der Waals surface area contributed by atoms with E-state index in [0.29, 0.717) is 16.4 Å². The molecule has 2 aromatic rings. The van der Waals surface area contributed by atoms with E-state index < -0.39 is 10.0 Å². The summed E-state index contributed by atoms with van der Waals surface area (Å²) in [4.78, 5) is 2.29. The number of rotatable bonds is 4. The number of hydrogen-bond acceptors (Lipinski definition) is 5. The van der Waals surface area contributed by atoms with Crippen molar-refractivity contribution in [2.75, 3.05) is 22.7 Å². The van der Waals surface area contributed by atoms with Gasteiger partial charge in [0.05, 0.1) is 11.4 Å². The summed E-state index contributed by atoms with van der Waals surface area (Å²) in [5, 5.41) is 4.22. The van der Waals surface area contributed by atoms with E-state index in [2.05, 4.69) is 14.8 Å². The summed E-state index contributed by atoms with van der Waals surface area (Å²) in [6, 6.07) is 5.31. The maximum Gasteiger partial charge on any atom is 0.267 e. The molecule has 2 heterocycles. The molecule has 1 fully saturated rings. The number of aryl methyl sites for hydroxylation is 2. The molecule has 1 aliphatic heterocycles. The number of benzene rings is 1. The summed E-state index contributed by atoms with van der Waals surface area (Å²) < 4.78 is 33.4. The van der Waals surface area contributed by atoms with E-state index in [4.69, 9.17) is 16.1 Å². The van der Waals surface area contributed by atoms with Crippen molar-refractivity contribution in [2.45, 2.75) is 44.4 Å². The van der Waals surface area contributed by atoms with Gasteiger partial charge in [-0.2, -0.15) is 0 Å². The molecule has 0 amide bonds. The molecular formula is C17H22ClN3O3S. The van der Waals surface area contributed by atoms with Gasteiger partial charge in [-0.1, -0.05) is 29.6 Å². The number of nitrogens with zero attached hydrogens (tertiary/aromatic N) is 2. The molecule has 136 valence electrons. The van der Waals surface area contributed by atoms with E-state index >= 15 is 0 Å². The summed E-state index contributed by atoms with van der Waals surface area (Å²) in [6.45, 7) is 5.00. The molecule has 0 saturated carbocycles. The molecule has 0 atom stereocenters. The van der Waals surface area contributed by atoms with Crippen LogP contribution in [0.25, 0.3) is 0 Å². The molecule has 0 spiro atoms. The first-order valence-corrected chi connectivity index (χ1v) is 10.2. The Balaban J connectivity index is 1.98. The lowest BCUT2D eigenvalue weighted by Gasteiger charge is -2.26. The molecule has 1 saturated heterocycles. The van der Waals surface area contributed by atoms with Gasteiger partial charge in [-0.15, -0.1) is 0 Å². The zero-order valence-electron chi connectivity index (χ0n) is 14.4. The maximum atomic E-state index is 12.8. The average Bonchev–Trinajstić information content (AvgIpc) is 2.75. The molecule has 1 aromatic carbocycles. The largest absolute Gasteiger partial charge is 0.370 e. The first kappa shape index (κ1) is 18.1. The molecular weight excluding hydrogens is 362 g/mol. The summed E-state index contributed by atoms with van der Waals surface area (Å²) in [6.07, 6.45) is 4.59. The van der Waals surface area contributed by atoms with Crippen LogP contribution in [0.4, 0.5) is 11.4 Å². The Bertz CT molecular complexity index is 837. The summed E-state index contributed by atoms with van der Waals surface area (Å²) in [5.74, 6) is 0.267. The van der Waals surface area contributed by atoms with Crippen LogP contribution in [0.2, 0.25) is 5.02 Å². The standard InChI is InChI=1S/C17H22ClN3O3S/c1-12-17(13(2)24-19-12)25(22,23)20-15-11-14(18)7-8-16(15)21-9-5-3-4-6-10-21/h7-8,11,20H,3-6,9-10H2,1-2H3. The number of hydrogen-bond donors (Lipinski definition) is 1. The van der Waals surface area contributed by atoms with Gasteiger partial charge in [0, 0.05) is 18.1 Å². The average molecular weight is 384 g/mol. The van der Waals surface area contributed by atoms with E-state index in [0.717, 1.165) is 31.6 Å². The van der Waals surface area contributed by atoms with Crippen molar-refractivity contribution >= 4 is 33.0 Å². The topological polar surface area (TPSA) is 75.4 Å². The molecule has 0 bridgehead atoms. The molecule has 0 unspecified atom stereocenters. The van der Waals surface area contributed by atoms with Gasteiger partial charge in [-0.25, -0.2) is 8.42 Å². The second kappa shape index (κ2) is 7.25. The lowest BCUT2D eigenvalue weighted by Crippen LogP contribution is -2.26. The highest BCUT2D eigenvalue weighted by atomic mass is 35.5. The van der Waals surface area contributed by atoms with Crippen LogP contribution in [0.3, 0.4) is 0 Å². The van der Waals surface area contributed by atoms with Crippen LogP contribution in [-0.2, 0) is 10.0 Å².